The van der Waals surface area contributed by atoms with E-state index in [2.05, 4.69) is 0 Å². The lowest BCUT2D eigenvalue weighted by Gasteiger charge is -2.21. The first-order valence-electron chi connectivity index (χ1n) is 8.41. The predicted molar refractivity (Wildman–Crippen MR) is 99.1 cm³/mol. The molecule has 0 aliphatic carbocycles. The Kier molecular flexibility index (Phi) is 5.57. The highest BCUT2D eigenvalue weighted by molar-refractivity contribution is 5.31. The van der Waals surface area contributed by atoms with Gasteiger partial charge < -0.3 is 14.2 Å². The lowest BCUT2D eigenvalue weighted by Crippen LogP contribution is -2.15. The molecule has 3 heteroatoms. The average Bonchev–Trinajstić information content (AvgIpc) is 2.63. The Balaban J connectivity index is 1.82. The van der Waals surface area contributed by atoms with E-state index >= 15 is 0 Å². The smallest absolute Gasteiger partial charge is 0.267 e. The monoisotopic (exact) mass is 334 g/mol. The van der Waals surface area contributed by atoms with Crippen LogP contribution in [0, 0.1) is 0 Å². The van der Waals surface area contributed by atoms with Gasteiger partial charge in [0.15, 0.2) is 0 Å². The highest BCUT2D eigenvalue weighted by Crippen LogP contribution is 2.27. The zero-order valence-corrected chi connectivity index (χ0v) is 14.5. The van der Waals surface area contributed by atoms with Crippen LogP contribution in [-0.4, -0.2) is 6.10 Å². The van der Waals surface area contributed by atoms with Gasteiger partial charge >= 0.3 is 0 Å². The highest BCUT2D eigenvalue weighted by Gasteiger charge is 2.16. The summed E-state index contributed by atoms with van der Waals surface area (Å²) in [4.78, 5) is 0. The van der Waals surface area contributed by atoms with Crippen LogP contribution < -0.4 is 14.2 Å². The lowest BCUT2D eigenvalue weighted by molar-refractivity contribution is 0.00378. The van der Waals surface area contributed by atoms with E-state index in [4.69, 9.17) is 14.2 Å². The van der Waals surface area contributed by atoms with Crippen molar-refractivity contribution in [2.24, 2.45) is 0 Å². The summed E-state index contributed by atoms with van der Waals surface area (Å²) in [7, 11) is 0. The fraction of sp³-hybridized carbons (Fsp3) is 0.182. The van der Waals surface area contributed by atoms with Crippen molar-refractivity contribution in [2.45, 2.75) is 26.2 Å². The molecule has 25 heavy (non-hydrogen) atoms. The second-order valence-corrected chi connectivity index (χ2v) is 5.93. The molecule has 0 unspecified atom stereocenters. The maximum atomic E-state index is 6.06. The van der Waals surface area contributed by atoms with E-state index in [9.17, 15) is 0 Å². The Morgan fingerprint density at radius 2 is 0.960 bits per heavy atom. The van der Waals surface area contributed by atoms with Crippen LogP contribution in [0.4, 0.5) is 0 Å². The molecule has 0 radical (unpaired) electrons. The van der Waals surface area contributed by atoms with Crippen molar-refractivity contribution >= 4 is 0 Å². The summed E-state index contributed by atoms with van der Waals surface area (Å²) in [6.07, 6.45) is -0.402. The van der Waals surface area contributed by atoms with Gasteiger partial charge in [0, 0.05) is 5.56 Å². The van der Waals surface area contributed by atoms with Crippen LogP contribution in [-0.2, 0) is 0 Å². The molecule has 0 heterocycles. The number of para-hydroxylation sites is 2. The van der Waals surface area contributed by atoms with Crippen molar-refractivity contribution in [1.82, 2.24) is 0 Å². The zero-order valence-electron chi connectivity index (χ0n) is 14.5. The lowest BCUT2D eigenvalue weighted by atomic mass is 10.2. The molecule has 0 bridgehead atoms. The molecule has 0 aromatic heterocycles. The van der Waals surface area contributed by atoms with Crippen LogP contribution in [0.2, 0.25) is 0 Å². The molecule has 0 saturated heterocycles. The molecule has 0 saturated carbocycles. The standard InChI is InChI=1S/C22H22O3/c1-17(2)23-21-15-13-18(14-16-21)22(24-19-9-5-3-6-10-19)25-20-11-7-4-8-12-20/h3-17,22H,1-2H3. The molecule has 3 nitrogen and oxygen atoms in total. The molecule has 0 fully saturated rings. The van der Waals surface area contributed by atoms with Gasteiger partial charge in [-0.15, -0.1) is 0 Å². The molecule has 128 valence electrons. The van der Waals surface area contributed by atoms with Gasteiger partial charge in [-0.2, -0.15) is 0 Å². The molecule has 3 rings (SSSR count). The SMILES string of the molecule is CC(C)Oc1ccc(C(Oc2ccccc2)Oc2ccccc2)cc1. The first-order valence-corrected chi connectivity index (χ1v) is 8.41. The minimum absolute atomic E-state index is 0.141. The third-order valence-corrected chi connectivity index (χ3v) is 3.50. The van der Waals surface area contributed by atoms with E-state index in [1.807, 2.05) is 98.8 Å². The van der Waals surface area contributed by atoms with Crippen molar-refractivity contribution < 1.29 is 14.2 Å². The highest BCUT2D eigenvalue weighted by atomic mass is 16.7. The van der Waals surface area contributed by atoms with Crippen LogP contribution in [0.3, 0.4) is 0 Å². The fourth-order valence-electron chi connectivity index (χ4n) is 2.38. The Morgan fingerprint density at radius 3 is 1.40 bits per heavy atom. The normalized spacial score (nSPS) is 10.7. The number of benzene rings is 3. The van der Waals surface area contributed by atoms with Crippen molar-refractivity contribution in [3.8, 4) is 17.2 Å². The summed E-state index contributed by atoms with van der Waals surface area (Å²) >= 11 is 0. The van der Waals surface area contributed by atoms with Crippen LogP contribution >= 0.6 is 0 Å². The third-order valence-electron chi connectivity index (χ3n) is 3.50. The van der Waals surface area contributed by atoms with Crippen LogP contribution in [0.15, 0.2) is 84.9 Å². The second kappa shape index (κ2) is 8.25. The van der Waals surface area contributed by atoms with E-state index in [0.29, 0.717) is 0 Å². The maximum Gasteiger partial charge on any atom is 0.267 e. The van der Waals surface area contributed by atoms with Gasteiger partial charge in [0.2, 0.25) is 0 Å². The second-order valence-electron chi connectivity index (χ2n) is 5.93. The Hall–Kier alpha value is -2.94. The van der Waals surface area contributed by atoms with Crippen LogP contribution in [0.5, 0.6) is 17.2 Å². The van der Waals surface area contributed by atoms with E-state index in [1.165, 1.54) is 0 Å². The molecule has 0 aliphatic heterocycles. The van der Waals surface area contributed by atoms with Gasteiger partial charge in [0.05, 0.1) is 6.10 Å². The van der Waals surface area contributed by atoms with Crippen molar-refractivity contribution in [3.05, 3.63) is 90.5 Å². The first kappa shape index (κ1) is 16.9. The molecular formula is C22H22O3. The van der Waals surface area contributed by atoms with Gasteiger partial charge in [-0.25, -0.2) is 0 Å². The Morgan fingerprint density at radius 1 is 0.520 bits per heavy atom. The van der Waals surface area contributed by atoms with Gasteiger partial charge in [-0.05, 0) is 62.4 Å². The molecule has 0 amide bonds. The third kappa shape index (κ3) is 5.01. The molecule has 0 N–H and O–H groups in total. The largest absolute Gasteiger partial charge is 0.491 e. The summed E-state index contributed by atoms with van der Waals surface area (Å²) < 4.78 is 17.8. The van der Waals surface area contributed by atoms with Crippen molar-refractivity contribution in [2.75, 3.05) is 0 Å². The molecule has 0 spiro atoms. The topological polar surface area (TPSA) is 27.7 Å². The van der Waals surface area contributed by atoms with Gasteiger partial charge in [-0.1, -0.05) is 36.4 Å². The molecule has 3 aromatic rings. The maximum absolute atomic E-state index is 6.06. The van der Waals surface area contributed by atoms with E-state index in [1.54, 1.807) is 0 Å². The first-order chi connectivity index (χ1) is 12.2. The molecule has 0 atom stereocenters. The Bertz CT molecular complexity index is 711. The summed E-state index contributed by atoms with van der Waals surface area (Å²) in [5.74, 6) is 2.34. The average molecular weight is 334 g/mol. The summed E-state index contributed by atoms with van der Waals surface area (Å²) in [6.45, 7) is 4.02. The summed E-state index contributed by atoms with van der Waals surface area (Å²) in [5, 5.41) is 0. The van der Waals surface area contributed by atoms with Crippen molar-refractivity contribution in [3.63, 3.8) is 0 Å². The van der Waals surface area contributed by atoms with Gasteiger partial charge in [0.1, 0.15) is 17.2 Å². The number of hydrogen-bond donors (Lipinski definition) is 0. The number of rotatable bonds is 7. The van der Waals surface area contributed by atoms with Gasteiger partial charge in [-0.3, -0.25) is 0 Å². The Labute approximate surface area is 148 Å². The number of hydrogen-bond acceptors (Lipinski definition) is 3. The van der Waals surface area contributed by atoms with Gasteiger partial charge in [0.25, 0.3) is 6.29 Å². The summed E-state index contributed by atoms with van der Waals surface area (Å²) in [5.41, 5.74) is 0.920. The fourth-order valence-corrected chi connectivity index (χ4v) is 2.38. The van der Waals surface area contributed by atoms with Crippen LogP contribution in [0.1, 0.15) is 25.7 Å². The quantitative estimate of drug-likeness (QED) is 0.524. The minimum atomic E-state index is -0.544. The van der Waals surface area contributed by atoms with Crippen molar-refractivity contribution in [1.29, 1.82) is 0 Å². The van der Waals surface area contributed by atoms with E-state index < -0.39 is 6.29 Å². The molecular weight excluding hydrogens is 312 g/mol. The zero-order chi connectivity index (χ0) is 17.5. The number of ether oxygens (including phenoxy) is 3. The van der Waals surface area contributed by atoms with E-state index in [-0.39, 0.29) is 6.10 Å². The molecule has 0 aliphatic rings. The van der Waals surface area contributed by atoms with Crippen LogP contribution in [0.25, 0.3) is 0 Å². The molecule has 3 aromatic carbocycles. The summed E-state index contributed by atoms with van der Waals surface area (Å²) in [6, 6.07) is 27.1. The van der Waals surface area contributed by atoms with E-state index in [0.717, 1.165) is 22.8 Å². The minimum Gasteiger partial charge on any atom is -0.491 e. The predicted octanol–water partition coefficient (Wildman–Crippen LogP) is 5.63.